The molecule has 0 radical (unpaired) electrons. The molecule has 34 heavy (non-hydrogen) atoms. The van der Waals surface area contributed by atoms with Gasteiger partial charge in [-0.3, -0.25) is 14.2 Å². The van der Waals surface area contributed by atoms with E-state index in [2.05, 4.69) is 22.3 Å². The van der Waals surface area contributed by atoms with Gasteiger partial charge in [0.15, 0.2) is 0 Å². The molecule has 8 heteroatoms. The first-order valence-corrected chi connectivity index (χ1v) is 12.6. The molecule has 1 aliphatic heterocycles. The predicted octanol–water partition coefficient (Wildman–Crippen LogP) is 5.32. The molecule has 0 saturated carbocycles. The summed E-state index contributed by atoms with van der Waals surface area (Å²) in [4.78, 5) is 33.4. The van der Waals surface area contributed by atoms with Crippen LogP contribution in [-0.2, 0) is 11.3 Å². The van der Waals surface area contributed by atoms with Crippen LogP contribution in [0.4, 0.5) is 11.6 Å². The van der Waals surface area contributed by atoms with E-state index in [1.165, 1.54) is 16.9 Å². The lowest BCUT2D eigenvalue weighted by Crippen LogP contribution is -2.43. The third-order valence-electron chi connectivity index (χ3n) is 6.19. The number of piperidine rings is 1. The fourth-order valence-corrected chi connectivity index (χ4v) is 5.25. The maximum absolute atomic E-state index is 13.4. The fraction of sp³-hybridized carbons (Fsp3) is 0.269. The molecule has 6 nitrogen and oxygen atoms in total. The summed E-state index contributed by atoms with van der Waals surface area (Å²) in [6.07, 6.45) is 1.64. The Labute approximate surface area is 206 Å². The maximum atomic E-state index is 13.4. The standard InChI is InChI=1S/C26H25ClN4O2S/c1-17-4-6-18(7-5-17)15-31-25(33)23-22(12-14-34-23)29-26(31)30-13-2-3-19(16-30)24(32)28-21-10-8-20(27)9-11-21/h4-12,14,19H,2-3,13,15-16H2,1H3,(H,28,32)/t19-/m1/s1. The highest BCUT2D eigenvalue weighted by atomic mass is 35.5. The molecule has 0 aliphatic carbocycles. The number of carbonyl (C=O) groups excluding carboxylic acids is 1. The lowest BCUT2D eigenvalue weighted by atomic mass is 9.97. The predicted molar refractivity (Wildman–Crippen MR) is 139 cm³/mol. The van der Waals surface area contributed by atoms with Gasteiger partial charge >= 0.3 is 0 Å². The molecule has 2 aromatic carbocycles. The van der Waals surface area contributed by atoms with E-state index in [9.17, 15) is 9.59 Å². The van der Waals surface area contributed by atoms with E-state index in [1.807, 2.05) is 30.5 Å². The zero-order chi connectivity index (χ0) is 23.7. The van der Waals surface area contributed by atoms with E-state index >= 15 is 0 Å². The highest BCUT2D eigenvalue weighted by Crippen LogP contribution is 2.26. The summed E-state index contributed by atoms with van der Waals surface area (Å²) >= 11 is 7.37. The van der Waals surface area contributed by atoms with Crippen LogP contribution < -0.4 is 15.8 Å². The van der Waals surface area contributed by atoms with E-state index in [0.717, 1.165) is 30.6 Å². The minimum atomic E-state index is -0.202. The summed E-state index contributed by atoms with van der Waals surface area (Å²) in [7, 11) is 0. The average Bonchev–Trinajstić information content (AvgIpc) is 3.33. The quantitative estimate of drug-likeness (QED) is 0.409. The SMILES string of the molecule is Cc1ccc(Cn2c(N3CCC[C@@H](C(=O)Nc4ccc(Cl)cc4)C3)nc3ccsc3c2=O)cc1. The van der Waals surface area contributed by atoms with Gasteiger partial charge in [-0.15, -0.1) is 11.3 Å². The molecule has 4 aromatic rings. The number of halogens is 1. The number of rotatable bonds is 5. The lowest BCUT2D eigenvalue weighted by molar-refractivity contribution is -0.120. The van der Waals surface area contributed by atoms with Crippen LogP contribution in [0.15, 0.2) is 64.8 Å². The number of hydrogen-bond donors (Lipinski definition) is 1. The lowest BCUT2D eigenvalue weighted by Gasteiger charge is -2.34. The van der Waals surface area contributed by atoms with E-state index in [0.29, 0.717) is 34.3 Å². The number of carbonyl (C=O) groups is 1. The highest BCUT2D eigenvalue weighted by Gasteiger charge is 2.29. The van der Waals surface area contributed by atoms with Gasteiger partial charge in [0.2, 0.25) is 11.9 Å². The number of amides is 1. The van der Waals surface area contributed by atoms with Gasteiger partial charge in [-0.1, -0.05) is 41.4 Å². The van der Waals surface area contributed by atoms with E-state index in [4.69, 9.17) is 16.6 Å². The summed E-state index contributed by atoms with van der Waals surface area (Å²) in [6.45, 7) is 3.74. The van der Waals surface area contributed by atoms with Crippen LogP contribution in [0.3, 0.4) is 0 Å². The highest BCUT2D eigenvalue weighted by molar-refractivity contribution is 7.17. The van der Waals surface area contributed by atoms with Crippen molar-refractivity contribution in [1.29, 1.82) is 0 Å². The van der Waals surface area contributed by atoms with E-state index < -0.39 is 0 Å². The van der Waals surface area contributed by atoms with Crippen molar-refractivity contribution in [3.63, 3.8) is 0 Å². The summed E-state index contributed by atoms with van der Waals surface area (Å²) in [5.41, 5.74) is 3.61. The normalized spacial score (nSPS) is 16.1. The second-order valence-electron chi connectivity index (χ2n) is 8.70. The van der Waals surface area contributed by atoms with Crippen LogP contribution in [0.5, 0.6) is 0 Å². The molecular weight excluding hydrogens is 468 g/mol. The van der Waals surface area contributed by atoms with Crippen molar-refractivity contribution in [2.45, 2.75) is 26.3 Å². The number of nitrogens with zero attached hydrogens (tertiary/aromatic N) is 3. The zero-order valence-electron chi connectivity index (χ0n) is 18.8. The number of fused-ring (bicyclic) bond motifs is 1. The molecule has 3 heterocycles. The van der Waals surface area contributed by atoms with E-state index in [1.54, 1.807) is 28.8 Å². The summed E-state index contributed by atoms with van der Waals surface area (Å²) < 4.78 is 2.41. The number of nitrogens with one attached hydrogen (secondary N) is 1. The molecular formula is C26H25ClN4O2S. The second-order valence-corrected chi connectivity index (χ2v) is 10.1. The Morgan fingerprint density at radius 1 is 1.15 bits per heavy atom. The summed E-state index contributed by atoms with van der Waals surface area (Å²) in [5, 5.41) is 5.52. The number of benzene rings is 2. The van der Waals surface area contributed by atoms with Gasteiger partial charge in [-0.2, -0.15) is 0 Å². The molecule has 1 saturated heterocycles. The molecule has 1 fully saturated rings. The van der Waals surface area contributed by atoms with Gasteiger partial charge < -0.3 is 10.2 Å². The number of anilines is 2. The Morgan fingerprint density at radius 3 is 2.68 bits per heavy atom. The van der Waals surface area contributed by atoms with Crippen LogP contribution in [0, 0.1) is 12.8 Å². The molecule has 174 valence electrons. The third kappa shape index (κ3) is 4.72. The van der Waals surface area contributed by atoms with Crippen LogP contribution in [0.25, 0.3) is 10.2 Å². The molecule has 1 amide bonds. The first-order chi connectivity index (χ1) is 16.5. The van der Waals surface area contributed by atoms with E-state index in [-0.39, 0.29) is 17.4 Å². The maximum Gasteiger partial charge on any atom is 0.273 e. The van der Waals surface area contributed by atoms with Crippen LogP contribution in [0.2, 0.25) is 5.02 Å². The van der Waals surface area contributed by atoms with Gasteiger partial charge in [-0.05, 0) is 61.0 Å². The van der Waals surface area contributed by atoms with Gasteiger partial charge in [0.25, 0.3) is 5.56 Å². The third-order valence-corrected chi connectivity index (χ3v) is 7.34. The van der Waals surface area contributed by atoms with Crippen LogP contribution >= 0.6 is 22.9 Å². The molecule has 1 N–H and O–H groups in total. The fourth-order valence-electron chi connectivity index (χ4n) is 4.34. The number of thiophene rings is 1. The Kier molecular flexibility index (Phi) is 6.39. The van der Waals surface area contributed by atoms with Crippen molar-refractivity contribution < 1.29 is 4.79 Å². The number of hydrogen-bond acceptors (Lipinski definition) is 5. The van der Waals surface area contributed by atoms with Crippen molar-refractivity contribution in [1.82, 2.24) is 9.55 Å². The van der Waals surface area contributed by atoms with Crippen molar-refractivity contribution in [2.24, 2.45) is 5.92 Å². The molecule has 2 aromatic heterocycles. The first kappa shape index (κ1) is 22.6. The Hall–Kier alpha value is -3.16. The average molecular weight is 493 g/mol. The molecule has 0 spiro atoms. The topological polar surface area (TPSA) is 67.2 Å². The molecule has 1 aliphatic rings. The second kappa shape index (κ2) is 9.60. The number of aryl methyl sites for hydroxylation is 1. The van der Waals surface area contributed by atoms with Gasteiger partial charge in [0, 0.05) is 23.8 Å². The van der Waals surface area contributed by atoms with Crippen molar-refractivity contribution in [2.75, 3.05) is 23.3 Å². The van der Waals surface area contributed by atoms with Gasteiger partial charge in [0.1, 0.15) is 4.70 Å². The Balaban J connectivity index is 1.44. The van der Waals surface area contributed by atoms with Gasteiger partial charge in [0.05, 0.1) is 18.0 Å². The monoisotopic (exact) mass is 492 g/mol. The van der Waals surface area contributed by atoms with Crippen LogP contribution in [-0.4, -0.2) is 28.5 Å². The Morgan fingerprint density at radius 2 is 1.91 bits per heavy atom. The first-order valence-electron chi connectivity index (χ1n) is 11.3. The Bertz CT molecular complexity index is 1380. The smallest absolute Gasteiger partial charge is 0.273 e. The van der Waals surface area contributed by atoms with Crippen molar-refractivity contribution in [3.8, 4) is 0 Å². The van der Waals surface area contributed by atoms with Crippen molar-refractivity contribution in [3.05, 3.63) is 86.5 Å². The minimum absolute atomic E-state index is 0.0314. The molecule has 5 rings (SSSR count). The van der Waals surface area contributed by atoms with Crippen LogP contribution in [0.1, 0.15) is 24.0 Å². The van der Waals surface area contributed by atoms with Crippen molar-refractivity contribution >= 4 is 50.7 Å². The number of aromatic nitrogens is 2. The van der Waals surface area contributed by atoms with Gasteiger partial charge in [-0.25, -0.2) is 4.98 Å². The molecule has 1 atom stereocenters. The summed E-state index contributed by atoms with van der Waals surface area (Å²) in [6, 6.07) is 17.2. The molecule has 0 bridgehead atoms. The largest absolute Gasteiger partial charge is 0.341 e. The summed E-state index contributed by atoms with van der Waals surface area (Å²) in [5.74, 6) is 0.392. The molecule has 0 unspecified atom stereocenters. The minimum Gasteiger partial charge on any atom is -0.341 e. The zero-order valence-corrected chi connectivity index (χ0v) is 20.4.